The number of nitrogens with zero attached hydrogens (tertiary/aromatic N) is 4. The monoisotopic (exact) mass is 732 g/mol. The van der Waals surface area contributed by atoms with Crippen LogP contribution in [0.25, 0.3) is 33.6 Å². The number of fused-ring (bicyclic) bond motifs is 5. The van der Waals surface area contributed by atoms with Crippen molar-refractivity contribution < 1.29 is 24.2 Å². The van der Waals surface area contributed by atoms with Crippen LogP contribution in [0.3, 0.4) is 0 Å². The van der Waals surface area contributed by atoms with E-state index in [1.165, 1.54) is 5.56 Å². The lowest BCUT2D eigenvalue weighted by atomic mass is 9.95. The molecule has 4 heterocycles. The average molecular weight is 733 g/mol. The molecule has 2 amide bonds. The van der Waals surface area contributed by atoms with Crippen molar-refractivity contribution >= 4 is 12.2 Å². The molecule has 0 unspecified atom stereocenters. The van der Waals surface area contributed by atoms with E-state index >= 15 is 0 Å². The Bertz CT molecular complexity index is 2140. The Labute approximate surface area is 316 Å². The number of aromatic amines is 2. The lowest BCUT2D eigenvalue weighted by Crippen LogP contribution is -2.39. The normalized spacial score (nSPS) is 26.8. The van der Waals surface area contributed by atoms with Gasteiger partial charge in [0, 0.05) is 30.1 Å². The molecular formula is C43H52N6O5. The number of H-pyrrole nitrogens is 2. The predicted molar refractivity (Wildman–Crippen MR) is 205 cm³/mol. The number of rotatable bonds is 5. The van der Waals surface area contributed by atoms with Gasteiger partial charge in [0.05, 0.1) is 40.8 Å². The zero-order valence-corrected chi connectivity index (χ0v) is 32.5. The van der Waals surface area contributed by atoms with E-state index in [1.807, 2.05) is 46.4 Å². The number of benzene rings is 2. The standard InChI is InChI=1S/C43H52N6O5/c1-8-29-35(46-38(44-29)33-21-43(52)22-34(43)49(33)40(51)54-42(5,6)7)24-14-12-23(13-15-24)25-16-17-28-26(18-25)10-9-11-30-36(28)47-37(45-30)32-20-27-19-31(27)48(32)39(50)53-41(2,3)4/h12-18,27,31-34,52H,8-11,19-22H2,1-7H3,(H,44,46)(H,45,47)/t27-,31-,32+,33+,34-,43-/m1/s1. The number of hydrogen-bond acceptors (Lipinski definition) is 7. The van der Waals surface area contributed by atoms with E-state index in [-0.39, 0.29) is 30.3 Å². The highest BCUT2D eigenvalue weighted by molar-refractivity contribution is 5.76. The van der Waals surface area contributed by atoms with Crippen molar-refractivity contribution in [1.29, 1.82) is 0 Å². The molecular weight excluding hydrogens is 681 g/mol. The first-order valence-corrected chi connectivity index (χ1v) is 19.8. The molecule has 4 aromatic rings. The molecule has 284 valence electrons. The maximum absolute atomic E-state index is 13.3. The highest BCUT2D eigenvalue weighted by Gasteiger charge is 2.67. The molecule has 11 nitrogen and oxygen atoms in total. The quantitative estimate of drug-likeness (QED) is 0.187. The largest absolute Gasteiger partial charge is 0.444 e. The fourth-order valence-electron chi connectivity index (χ4n) is 9.15. The van der Waals surface area contributed by atoms with Gasteiger partial charge in [0.2, 0.25) is 0 Å². The van der Waals surface area contributed by atoms with Crippen LogP contribution in [0.15, 0.2) is 42.5 Å². The van der Waals surface area contributed by atoms with Crippen LogP contribution in [-0.2, 0) is 28.7 Å². The number of aromatic nitrogens is 4. The first kappa shape index (κ1) is 35.1. The van der Waals surface area contributed by atoms with Crippen LogP contribution >= 0.6 is 0 Å². The lowest BCUT2D eigenvalue weighted by Gasteiger charge is -2.29. The molecule has 4 fully saturated rings. The number of ether oxygens (including phenoxy) is 2. The third kappa shape index (κ3) is 6.18. The van der Waals surface area contributed by atoms with E-state index in [0.717, 1.165) is 89.4 Å². The van der Waals surface area contributed by atoms with Crippen LogP contribution in [0.4, 0.5) is 9.59 Å². The molecule has 2 aromatic heterocycles. The number of aliphatic hydroxyl groups is 1. The summed E-state index contributed by atoms with van der Waals surface area (Å²) in [6, 6.07) is 14.8. The van der Waals surface area contributed by atoms with Gasteiger partial charge in [-0.05, 0) is 108 Å². The third-order valence-electron chi connectivity index (χ3n) is 11.8. The molecule has 0 bridgehead atoms. The number of piperidine rings is 2. The molecule has 6 atom stereocenters. The smallest absolute Gasteiger partial charge is 0.411 e. The van der Waals surface area contributed by atoms with Crippen molar-refractivity contribution in [1.82, 2.24) is 29.7 Å². The Hall–Kier alpha value is -4.64. The first-order valence-electron chi connectivity index (χ1n) is 19.8. The van der Waals surface area contributed by atoms with Gasteiger partial charge in [0.1, 0.15) is 22.9 Å². The van der Waals surface area contributed by atoms with Gasteiger partial charge in [-0.15, -0.1) is 0 Å². The van der Waals surface area contributed by atoms with E-state index in [2.05, 4.69) is 59.4 Å². The van der Waals surface area contributed by atoms with Gasteiger partial charge in [0.25, 0.3) is 0 Å². The molecule has 11 heteroatoms. The van der Waals surface area contributed by atoms with Gasteiger partial charge >= 0.3 is 12.2 Å². The third-order valence-corrected chi connectivity index (χ3v) is 11.8. The molecule has 0 radical (unpaired) electrons. The number of imidazole rings is 2. The number of hydrogen-bond donors (Lipinski definition) is 3. The van der Waals surface area contributed by atoms with Gasteiger partial charge in [0.15, 0.2) is 0 Å². The number of carbonyl (C=O) groups is 2. The molecule has 3 N–H and O–H groups in total. The van der Waals surface area contributed by atoms with Gasteiger partial charge in [-0.2, -0.15) is 0 Å². The molecule has 2 saturated heterocycles. The van der Waals surface area contributed by atoms with Crippen molar-refractivity contribution in [2.24, 2.45) is 5.92 Å². The number of carbonyl (C=O) groups excluding carboxylic acids is 2. The summed E-state index contributed by atoms with van der Waals surface area (Å²) < 4.78 is 11.6. The highest BCUT2D eigenvalue weighted by Crippen LogP contribution is 2.57. The van der Waals surface area contributed by atoms with Crippen LogP contribution in [0.1, 0.15) is 121 Å². The summed E-state index contributed by atoms with van der Waals surface area (Å²) in [5.41, 5.74) is 7.70. The zero-order chi connectivity index (χ0) is 37.9. The van der Waals surface area contributed by atoms with Crippen molar-refractivity contribution in [3.63, 3.8) is 0 Å². The summed E-state index contributed by atoms with van der Waals surface area (Å²) in [7, 11) is 0. The van der Waals surface area contributed by atoms with Crippen LogP contribution in [0.5, 0.6) is 0 Å². The van der Waals surface area contributed by atoms with Crippen LogP contribution in [0.2, 0.25) is 0 Å². The summed E-state index contributed by atoms with van der Waals surface area (Å²) in [4.78, 5) is 47.5. The molecule has 9 rings (SSSR count). The molecule has 54 heavy (non-hydrogen) atoms. The Morgan fingerprint density at radius 3 is 2.20 bits per heavy atom. The maximum Gasteiger partial charge on any atom is 0.411 e. The maximum atomic E-state index is 13.3. The topological polar surface area (TPSA) is 137 Å². The molecule has 2 aromatic carbocycles. The zero-order valence-electron chi connectivity index (χ0n) is 32.5. The van der Waals surface area contributed by atoms with Gasteiger partial charge in [-0.25, -0.2) is 19.6 Å². The second-order valence-corrected chi connectivity index (χ2v) is 18.2. The second-order valence-electron chi connectivity index (χ2n) is 18.2. The summed E-state index contributed by atoms with van der Waals surface area (Å²) in [5.74, 6) is 2.09. The van der Waals surface area contributed by atoms with E-state index in [1.54, 1.807) is 4.90 Å². The Kier molecular flexibility index (Phi) is 7.92. The SMILES string of the molecule is CCc1nc([C@@H]2C[C@@]3(O)C[C@H]3N2C(=O)OC(C)(C)C)[nH]c1-c1ccc(-c2ccc3c(c2)CCCc2[nH]c([C@@H]4C[C@H]5C[C@H]5N4C(=O)OC(C)(C)C)nc2-3)cc1. The van der Waals surface area contributed by atoms with E-state index in [0.29, 0.717) is 24.6 Å². The minimum Gasteiger partial charge on any atom is -0.444 e. The van der Waals surface area contributed by atoms with E-state index < -0.39 is 22.9 Å². The molecule has 3 aliphatic carbocycles. The fraction of sp³-hybridized carbons (Fsp3) is 0.535. The van der Waals surface area contributed by atoms with Crippen molar-refractivity contribution in [2.75, 3.05) is 0 Å². The summed E-state index contributed by atoms with van der Waals surface area (Å²) in [6.45, 7) is 13.4. The van der Waals surface area contributed by atoms with E-state index in [9.17, 15) is 14.7 Å². The van der Waals surface area contributed by atoms with Crippen molar-refractivity contribution in [3.05, 3.63) is 71.1 Å². The number of aryl methyl sites for hydroxylation is 3. The van der Waals surface area contributed by atoms with Gasteiger partial charge in [-0.1, -0.05) is 49.4 Å². The minimum absolute atomic E-state index is 0.0880. The van der Waals surface area contributed by atoms with Gasteiger partial charge < -0.3 is 24.5 Å². The molecule has 5 aliphatic rings. The molecule has 2 aliphatic heterocycles. The summed E-state index contributed by atoms with van der Waals surface area (Å²) in [6.07, 6.45) is 5.95. The number of nitrogens with one attached hydrogen (secondary N) is 2. The minimum atomic E-state index is -0.878. The highest BCUT2D eigenvalue weighted by atomic mass is 16.6. The number of likely N-dealkylation sites (tertiary alicyclic amines) is 2. The van der Waals surface area contributed by atoms with Gasteiger partial charge in [-0.3, -0.25) is 9.80 Å². The molecule has 2 saturated carbocycles. The second kappa shape index (κ2) is 12.2. The van der Waals surface area contributed by atoms with Crippen molar-refractivity contribution in [3.8, 4) is 33.6 Å². The Morgan fingerprint density at radius 1 is 0.833 bits per heavy atom. The van der Waals surface area contributed by atoms with E-state index in [4.69, 9.17) is 19.4 Å². The average Bonchev–Trinajstić information content (AvgIpc) is 3.71. The van der Waals surface area contributed by atoms with Crippen molar-refractivity contribution in [2.45, 2.75) is 141 Å². The number of amides is 2. The lowest BCUT2D eigenvalue weighted by molar-refractivity contribution is 0.0163. The van der Waals surface area contributed by atoms with Crippen LogP contribution in [-0.4, -0.2) is 75.9 Å². The Balaban J connectivity index is 0.954. The fourth-order valence-corrected chi connectivity index (χ4v) is 9.15. The molecule has 0 spiro atoms. The summed E-state index contributed by atoms with van der Waals surface area (Å²) >= 11 is 0. The predicted octanol–water partition coefficient (Wildman–Crippen LogP) is 8.44. The van der Waals surface area contributed by atoms with Crippen LogP contribution < -0.4 is 0 Å². The first-order chi connectivity index (χ1) is 25.6. The summed E-state index contributed by atoms with van der Waals surface area (Å²) in [5, 5.41) is 11.0. The van der Waals surface area contributed by atoms with Crippen LogP contribution in [0, 0.1) is 5.92 Å². The Morgan fingerprint density at radius 2 is 1.50 bits per heavy atom.